The molecule has 4 nitrogen and oxygen atoms in total. The largest absolute Gasteiger partial charge is 0.481 e. The molecule has 1 rings (SSSR count). The molecule has 0 aromatic heterocycles. The fourth-order valence-corrected chi connectivity index (χ4v) is 4.50. The maximum Gasteiger partial charge on any atom is 0.307 e. The summed E-state index contributed by atoms with van der Waals surface area (Å²) in [5, 5.41) is 9.53. The van der Waals surface area contributed by atoms with Gasteiger partial charge in [-0.15, -0.1) is 0 Å². The SMILES string of the molecule is CCCCC(CC)CN(CC(CC)CCCC)C(=O)C1CCCC1C(=O)O. The molecule has 1 N–H and O–H groups in total. The van der Waals surface area contributed by atoms with Crippen LogP contribution in [0, 0.1) is 23.7 Å². The molecule has 158 valence electrons. The molecule has 1 aliphatic rings. The van der Waals surface area contributed by atoms with Gasteiger partial charge in [0.1, 0.15) is 0 Å². The summed E-state index contributed by atoms with van der Waals surface area (Å²) in [5.74, 6) is -0.405. The summed E-state index contributed by atoms with van der Waals surface area (Å²) in [6.07, 6.45) is 11.5. The average molecular weight is 382 g/mol. The van der Waals surface area contributed by atoms with Crippen molar-refractivity contribution in [2.45, 2.75) is 98.3 Å². The van der Waals surface area contributed by atoms with E-state index in [1.807, 2.05) is 0 Å². The predicted octanol–water partition coefficient (Wildman–Crippen LogP) is 5.75. The van der Waals surface area contributed by atoms with Crippen molar-refractivity contribution >= 4 is 11.9 Å². The number of carboxylic acid groups (broad SMARTS) is 1. The predicted molar refractivity (Wildman–Crippen MR) is 112 cm³/mol. The Morgan fingerprint density at radius 2 is 1.37 bits per heavy atom. The summed E-state index contributed by atoms with van der Waals surface area (Å²) in [6, 6.07) is 0. The van der Waals surface area contributed by atoms with Crippen LogP contribution in [0.5, 0.6) is 0 Å². The van der Waals surface area contributed by atoms with Gasteiger partial charge in [-0.3, -0.25) is 9.59 Å². The summed E-state index contributed by atoms with van der Waals surface area (Å²) >= 11 is 0. The monoisotopic (exact) mass is 381 g/mol. The smallest absolute Gasteiger partial charge is 0.307 e. The summed E-state index contributed by atoms with van der Waals surface area (Å²) in [5.41, 5.74) is 0. The van der Waals surface area contributed by atoms with Crippen molar-refractivity contribution in [1.82, 2.24) is 4.90 Å². The summed E-state index contributed by atoms with van der Waals surface area (Å²) in [6.45, 7) is 10.5. The Balaban J connectivity index is 2.90. The van der Waals surface area contributed by atoms with Crippen LogP contribution in [0.25, 0.3) is 0 Å². The minimum atomic E-state index is -0.790. The number of carbonyl (C=O) groups is 2. The molecule has 27 heavy (non-hydrogen) atoms. The van der Waals surface area contributed by atoms with Crippen LogP contribution >= 0.6 is 0 Å². The number of nitrogens with zero attached hydrogens (tertiary/aromatic N) is 1. The highest BCUT2D eigenvalue weighted by atomic mass is 16.4. The van der Waals surface area contributed by atoms with Crippen LogP contribution < -0.4 is 0 Å². The van der Waals surface area contributed by atoms with E-state index in [2.05, 4.69) is 32.6 Å². The van der Waals surface area contributed by atoms with Gasteiger partial charge in [0.05, 0.1) is 11.8 Å². The molecule has 4 heteroatoms. The highest BCUT2D eigenvalue weighted by molar-refractivity contribution is 5.85. The van der Waals surface area contributed by atoms with Crippen molar-refractivity contribution in [3.63, 3.8) is 0 Å². The molecule has 0 heterocycles. The van der Waals surface area contributed by atoms with Gasteiger partial charge < -0.3 is 10.0 Å². The van der Waals surface area contributed by atoms with E-state index < -0.39 is 11.9 Å². The highest BCUT2D eigenvalue weighted by Crippen LogP contribution is 2.34. The van der Waals surface area contributed by atoms with Crippen LogP contribution in [0.15, 0.2) is 0 Å². The zero-order valence-electron chi connectivity index (χ0n) is 18.2. The molecule has 1 fully saturated rings. The van der Waals surface area contributed by atoms with Crippen LogP contribution in [0.2, 0.25) is 0 Å². The summed E-state index contributed by atoms with van der Waals surface area (Å²) < 4.78 is 0. The van der Waals surface area contributed by atoms with Crippen molar-refractivity contribution in [3.8, 4) is 0 Å². The second kappa shape index (κ2) is 13.2. The standard InChI is InChI=1S/C23H43NO3/c1-5-9-12-18(7-3)16-24(17-19(8-4)13-10-6-2)22(25)20-14-11-15-21(20)23(26)27/h18-21H,5-17H2,1-4H3,(H,26,27). The van der Waals surface area contributed by atoms with Gasteiger partial charge in [0.25, 0.3) is 0 Å². The van der Waals surface area contributed by atoms with Crippen molar-refractivity contribution < 1.29 is 14.7 Å². The van der Waals surface area contributed by atoms with E-state index in [0.29, 0.717) is 18.3 Å². The minimum absolute atomic E-state index is 0.116. The van der Waals surface area contributed by atoms with Crippen LogP contribution in [0.3, 0.4) is 0 Å². The van der Waals surface area contributed by atoms with Gasteiger partial charge in [0, 0.05) is 13.1 Å². The average Bonchev–Trinajstić information content (AvgIpc) is 3.16. The third-order valence-corrected chi connectivity index (χ3v) is 6.51. The molecule has 0 saturated heterocycles. The fraction of sp³-hybridized carbons (Fsp3) is 0.913. The molecule has 0 aliphatic heterocycles. The number of rotatable bonds is 14. The van der Waals surface area contributed by atoms with Gasteiger partial charge in [-0.2, -0.15) is 0 Å². The van der Waals surface area contributed by atoms with Gasteiger partial charge >= 0.3 is 5.97 Å². The van der Waals surface area contributed by atoms with Crippen LogP contribution in [-0.2, 0) is 9.59 Å². The van der Waals surface area contributed by atoms with Crippen LogP contribution in [0.1, 0.15) is 98.3 Å². The Hall–Kier alpha value is -1.06. The van der Waals surface area contributed by atoms with Crippen molar-refractivity contribution in [3.05, 3.63) is 0 Å². The second-order valence-corrected chi connectivity index (χ2v) is 8.56. The zero-order valence-corrected chi connectivity index (χ0v) is 18.2. The maximum absolute atomic E-state index is 13.4. The maximum atomic E-state index is 13.4. The van der Waals surface area contributed by atoms with Crippen LogP contribution in [0.4, 0.5) is 0 Å². The van der Waals surface area contributed by atoms with E-state index >= 15 is 0 Å². The molecule has 0 bridgehead atoms. The lowest BCUT2D eigenvalue weighted by molar-refractivity contribution is -0.149. The Kier molecular flexibility index (Phi) is 11.7. The molecule has 0 aromatic carbocycles. The van der Waals surface area contributed by atoms with Crippen molar-refractivity contribution in [2.75, 3.05) is 13.1 Å². The summed E-state index contributed by atoms with van der Waals surface area (Å²) in [7, 11) is 0. The van der Waals surface area contributed by atoms with E-state index in [1.165, 1.54) is 25.7 Å². The van der Waals surface area contributed by atoms with E-state index in [4.69, 9.17) is 0 Å². The Labute approximate surface area is 167 Å². The van der Waals surface area contributed by atoms with Gasteiger partial charge in [0.2, 0.25) is 5.91 Å². The lowest BCUT2D eigenvalue weighted by Gasteiger charge is -2.33. The lowest BCUT2D eigenvalue weighted by Crippen LogP contribution is -2.44. The topological polar surface area (TPSA) is 57.6 Å². The van der Waals surface area contributed by atoms with E-state index in [0.717, 1.165) is 51.6 Å². The number of amides is 1. The fourth-order valence-electron chi connectivity index (χ4n) is 4.50. The highest BCUT2D eigenvalue weighted by Gasteiger charge is 2.40. The lowest BCUT2D eigenvalue weighted by atomic mass is 9.91. The number of carboxylic acids is 1. The van der Waals surface area contributed by atoms with Gasteiger partial charge in [-0.25, -0.2) is 0 Å². The first kappa shape index (κ1) is 24.0. The van der Waals surface area contributed by atoms with Gasteiger partial charge in [-0.05, 0) is 37.5 Å². The number of hydrogen-bond donors (Lipinski definition) is 1. The molecule has 1 aliphatic carbocycles. The number of aliphatic carboxylic acids is 1. The van der Waals surface area contributed by atoms with Crippen molar-refractivity contribution in [1.29, 1.82) is 0 Å². The third kappa shape index (κ3) is 7.83. The molecule has 0 spiro atoms. The Morgan fingerprint density at radius 1 is 0.889 bits per heavy atom. The number of carbonyl (C=O) groups excluding carboxylic acids is 1. The molecule has 4 atom stereocenters. The molecular formula is C23H43NO3. The van der Waals surface area contributed by atoms with Gasteiger partial charge in [-0.1, -0.05) is 72.6 Å². The van der Waals surface area contributed by atoms with E-state index in [-0.39, 0.29) is 11.8 Å². The summed E-state index contributed by atoms with van der Waals surface area (Å²) in [4.78, 5) is 27.1. The third-order valence-electron chi connectivity index (χ3n) is 6.51. The molecule has 1 amide bonds. The van der Waals surface area contributed by atoms with E-state index in [9.17, 15) is 14.7 Å². The first-order chi connectivity index (χ1) is 13.0. The Morgan fingerprint density at radius 3 is 1.78 bits per heavy atom. The quantitative estimate of drug-likeness (QED) is 0.417. The first-order valence-electron chi connectivity index (χ1n) is 11.5. The molecule has 1 saturated carbocycles. The van der Waals surface area contributed by atoms with Gasteiger partial charge in [0.15, 0.2) is 0 Å². The normalized spacial score (nSPS) is 21.8. The minimum Gasteiger partial charge on any atom is -0.481 e. The Bertz CT molecular complexity index is 419. The molecule has 0 aromatic rings. The van der Waals surface area contributed by atoms with Crippen molar-refractivity contribution in [2.24, 2.45) is 23.7 Å². The molecule has 0 radical (unpaired) electrons. The number of unbranched alkanes of at least 4 members (excludes halogenated alkanes) is 2. The first-order valence-corrected chi connectivity index (χ1v) is 11.5. The molecular weight excluding hydrogens is 338 g/mol. The zero-order chi connectivity index (χ0) is 20.2. The van der Waals surface area contributed by atoms with Crippen LogP contribution in [-0.4, -0.2) is 35.0 Å². The van der Waals surface area contributed by atoms with E-state index in [1.54, 1.807) is 0 Å². The number of hydrogen-bond acceptors (Lipinski definition) is 2. The second-order valence-electron chi connectivity index (χ2n) is 8.56. The molecule has 4 unspecified atom stereocenters.